The highest BCUT2D eigenvalue weighted by Crippen LogP contribution is 2.71. The molecule has 3 nitrogen and oxygen atoms in total. The minimum Gasteiger partial charge on any atom is -0.309 e. The van der Waals surface area contributed by atoms with E-state index >= 15 is 0 Å². The van der Waals surface area contributed by atoms with E-state index in [1.807, 2.05) is 23.1 Å². The maximum absolute atomic E-state index is 13.7. The minimum atomic E-state index is -0.523. The van der Waals surface area contributed by atoms with Gasteiger partial charge in [0.2, 0.25) is 5.91 Å². The number of benzene rings is 1. The highest BCUT2D eigenvalue weighted by atomic mass is 16.2. The van der Waals surface area contributed by atoms with Gasteiger partial charge in [-0.1, -0.05) is 39.0 Å². The normalized spacial score (nSPS) is 37.3. The topological polar surface area (TPSA) is 37.4 Å². The molecular formula is C20H25NO2. The molecule has 3 atom stereocenters. The van der Waals surface area contributed by atoms with Crippen LogP contribution in [0.2, 0.25) is 0 Å². The van der Waals surface area contributed by atoms with Crippen LogP contribution >= 0.6 is 0 Å². The average Bonchev–Trinajstić information content (AvgIpc) is 2.99. The number of Topliss-reactive ketones (excluding diaryl/α,β-unsaturated/α-hetero) is 1. The summed E-state index contributed by atoms with van der Waals surface area (Å²) in [6, 6.07) is 8.37. The van der Waals surface area contributed by atoms with Crippen LogP contribution in [0.25, 0.3) is 0 Å². The van der Waals surface area contributed by atoms with Gasteiger partial charge in [0.15, 0.2) is 0 Å². The third kappa shape index (κ3) is 1.51. The highest BCUT2D eigenvalue weighted by Gasteiger charge is 2.73. The number of nitrogens with zero attached hydrogens (tertiary/aromatic N) is 1. The van der Waals surface area contributed by atoms with Crippen LogP contribution in [0.1, 0.15) is 52.5 Å². The van der Waals surface area contributed by atoms with E-state index < -0.39 is 5.41 Å². The van der Waals surface area contributed by atoms with E-state index in [1.165, 1.54) is 5.56 Å². The van der Waals surface area contributed by atoms with Crippen LogP contribution < -0.4 is 4.90 Å². The Balaban J connectivity index is 1.80. The number of hydrogen-bond donors (Lipinski definition) is 0. The maximum atomic E-state index is 13.7. The van der Waals surface area contributed by atoms with Gasteiger partial charge >= 0.3 is 0 Å². The summed E-state index contributed by atoms with van der Waals surface area (Å²) < 4.78 is 0. The predicted octanol–water partition coefficient (Wildman–Crippen LogP) is 3.75. The average molecular weight is 311 g/mol. The summed E-state index contributed by atoms with van der Waals surface area (Å²) >= 11 is 0. The Bertz CT molecular complexity index is 722. The van der Waals surface area contributed by atoms with Crippen molar-refractivity contribution in [2.24, 2.45) is 16.2 Å². The molecule has 1 aromatic rings. The number of ketones is 1. The molecule has 122 valence electrons. The van der Waals surface area contributed by atoms with E-state index in [9.17, 15) is 9.59 Å². The lowest BCUT2D eigenvalue weighted by atomic mass is 9.64. The van der Waals surface area contributed by atoms with Crippen LogP contribution in [0, 0.1) is 16.2 Å². The zero-order valence-electron chi connectivity index (χ0n) is 14.5. The fourth-order valence-electron chi connectivity index (χ4n) is 5.44. The summed E-state index contributed by atoms with van der Waals surface area (Å²) in [5.74, 6) is 0.455. The lowest BCUT2D eigenvalue weighted by molar-refractivity contribution is -0.134. The zero-order valence-corrected chi connectivity index (χ0v) is 14.5. The standard InChI is InChI=1S/C20H25NO2/c1-13-11-14-7-5-6-8-15(14)21(13)17(23)20-10-9-19(4,16(22)12-20)18(20,2)3/h5-8,13H,9-12H2,1-4H3/t13-,19+,20-/m1/s1. The first-order chi connectivity index (χ1) is 10.7. The minimum absolute atomic E-state index is 0.174. The number of carbonyl (C=O) groups is 2. The summed E-state index contributed by atoms with van der Waals surface area (Å²) in [7, 11) is 0. The van der Waals surface area contributed by atoms with Gasteiger partial charge in [-0.2, -0.15) is 0 Å². The molecule has 3 aliphatic rings. The predicted molar refractivity (Wildman–Crippen MR) is 90.3 cm³/mol. The van der Waals surface area contributed by atoms with Crippen molar-refractivity contribution in [2.75, 3.05) is 4.90 Å². The molecule has 4 rings (SSSR count). The Hall–Kier alpha value is -1.64. The van der Waals surface area contributed by atoms with Crippen molar-refractivity contribution < 1.29 is 9.59 Å². The molecule has 0 saturated heterocycles. The largest absolute Gasteiger partial charge is 0.309 e. The maximum Gasteiger partial charge on any atom is 0.234 e. The molecule has 2 fully saturated rings. The lowest BCUT2D eigenvalue weighted by Crippen LogP contribution is -2.50. The molecule has 1 heterocycles. The molecule has 3 heteroatoms. The first-order valence-electron chi connectivity index (χ1n) is 8.69. The number of para-hydroxylation sites is 1. The number of anilines is 1. The van der Waals surface area contributed by atoms with Gasteiger partial charge < -0.3 is 4.90 Å². The molecule has 1 aliphatic heterocycles. The van der Waals surface area contributed by atoms with Crippen molar-refractivity contribution in [3.63, 3.8) is 0 Å². The van der Waals surface area contributed by atoms with E-state index in [2.05, 4.69) is 33.8 Å². The molecule has 0 N–H and O–H groups in total. The van der Waals surface area contributed by atoms with Gasteiger partial charge in [0.25, 0.3) is 0 Å². The van der Waals surface area contributed by atoms with Crippen molar-refractivity contribution >= 4 is 17.4 Å². The summed E-state index contributed by atoms with van der Waals surface area (Å²) in [5.41, 5.74) is 1.15. The first-order valence-corrected chi connectivity index (χ1v) is 8.69. The summed E-state index contributed by atoms with van der Waals surface area (Å²) in [5, 5.41) is 0. The molecule has 0 radical (unpaired) electrons. The van der Waals surface area contributed by atoms with Gasteiger partial charge in [0.1, 0.15) is 5.78 Å². The number of fused-ring (bicyclic) bond motifs is 3. The monoisotopic (exact) mass is 311 g/mol. The molecule has 1 amide bonds. The fraction of sp³-hybridized carbons (Fsp3) is 0.600. The molecule has 2 saturated carbocycles. The lowest BCUT2D eigenvalue weighted by Gasteiger charge is -2.41. The zero-order chi connectivity index (χ0) is 16.6. The van der Waals surface area contributed by atoms with Crippen molar-refractivity contribution in [1.29, 1.82) is 0 Å². The number of carbonyl (C=O) groups excluding carboxylic acids is 2. The Kier molecular flexibility index (Phi) is 2.76. The van der Waals surface area contributed by atoms with Gasteiger partial charge in [-0.25, -0.2) is 0 Å². The Morgan fingerprint density at radius 2 is 1.87 bits per heavy atom. The van der Waals surface area contributed by atoms with E-state index in [0.717, 1.165) is 24.9 Å². The van der Waals surface area contributed by atoms with Crippen molar-refractivity contribution in [3.8, 4) is 0 Å². The van der Waals surface area contributed by atoms with E-state index in [0.29, 0.717) is 6.42 Å². The highest BCUT2D eigenvalue weighted by molar-refractivity contribution is 6.07. The van der Waals surface area contributed by atoms with E-state index in [1.54, 1.807) is 0 Å². The van der Waals surface area contributed by atoms with Crippen LogP contribution in [-0.2, 0) is 16.0 Å². The van der Waals surface area contributed by atoms with Gasteiger partial charge in [-0.15, -0.1) is 0 Å². The smallest absolute Gasteiger partial charge is 0.234 e. The van der Waals surface area contributed by atoms with Crippen molar-refractivity contribution in [2.45, 2.75) is 59.4 Å². The van der Waals surface area contributed by atoms with Crippen molar-refractivity contribution in [1.82, 2.24) is 0 Å². The second-order valence-electron chi connectivity index (χ2n) is 8.50. The second kappa shape index (κ2) is 4.25. The summed E-state index contributed by atoms with van der Waals surface area (Å²) in [6.45, 7) is 8.45. The van der Waals surface area contributed by atoms with E-state index in [4.69, 9.17) is 0 Å². The molecule has 0 aromatic heterocycles. The Morgan fingerprint density at radius 3 is 2.48 bits per heavy atom. The van der Waals surface area contributed by atoms with Gasteiger partial charge in [-0.3, -0.25) is 9.59 Å². The van der Waals surface area contributed by atoms with Gasteiger partial charge in [0.05, 0.1) is 5.41 Å². The fourth-order valence-corrected chi connectivity index (χ4v) is 5.44. The first kappa shape index (κ1) is 14.9. The van der Waals surface area contributed by atoms with Crippen molar-refractivity contribution in [3.05, 3.63) is 29.8 Å². The number of amides is 1. The molecule has 1 aromatic carbocycles. The van der Waals surface area contributed by atoms with E-state index in [-0.39, 0.29) is 28.6 Å². The Morgan fingerprint density at radius 1 is 1.17 bits per heavy atom. The molecule has 0 unspecified atom stereocenters. The third-order valence-corrected chi connectivity index (χ3v) is 7.54. The van der Waals surface area contributed by atoms with Crippen LogP contribution in [0.15, 0.2) is 24.3 Å². The van der Waals surface area contributed by atoms with Crippen LogP contribution in [0.4, 0.5) is 5.69 Å². The van der Waals surface area contributed by atoms with Crippen LogP contribution in [-0.4, -0.2) is 17.7 Å². The SMILES string of the molecule is C[C@@H]1Cc2ccccc2N1C(=O)[C@@]12CC[C@@](C)(C(=O)C1)C2(C)C. The summed E-state index contributed by atoms with van der Waals surface area (Å²) in [6.07, 6.45) is 3.01. The van der Waals surface area contributed by atoms with Gasteiger partial charge in [0, 0.05) is 23.6 Å². The number of hydrogen-bond acceptors (Lipinski definition) is 2. The second-order valence-corrected chi connectivity index (χ2v) is 8.50. The van der Waals surface area contributed by atoms with Crippen LogP contribution in [0.3, 0.4) is 0 Å². The summed E-state index contributed by atoms with van der Waals surface area (Å²) in [4.78, 5) is 28.3. The molecule has 2 bridgehead atoms. The third-order valence-electron chi connectivity index (χ3n) is 7.54. The Labute approximate surface area is 138 Å². The quantitative estimate of drug-likeness (QED) is 0.792. The molecule has 2 aliphatic carbocycles. The molecular weight excluding hydrogens is 286 g/mol. The molecule has 0 spiro atoms. The van der Waals surface area contributed by atoms with Crippen LogP contribution in [0.5, 0.6) is 0 Å². The van der Waals surface area contributed by atoms with Gasteiger partial charge in [-0.05, 0) is 43.2 Å². The number of rotatable bonds is 1. The molecule has 23 heavy (non-hydrogen) atoms.